The molecule has 19 heavy (non-hydrogen) atoms. The molecule has 1 fully saturated rings. The molecule has 0 aliphatic carbocycles. The van der Waals surface area contributed by atoms with Gasteiger partial charge in [0.2, 0.25) is 0 Å². The molecule has 98 valence electrons. The van der Waals surface area contributed by atoms with Crippen molar-refractivity contribution in [1.82, 2.24) is 14.8 Å². The highest BCUT2D eigenvalue weighted by Gasteiger charge is 2.21. The number of rotatable bonds is 3. The van der Waals surface area contributed by atoms with Gasteiger partial charge in [0, 0.05) is 25.5 Å². The Bertz CT molecular complexity index is 589. The summed E-state index contributed by atoms with van der Waals surface area (Å²) in [4.78, 5) is 17.8. The Morgan fingerprint density at radius 2 is 2.05 bits per heavy atom. The number of anilines is 1. The van der Waals surface area contributed by atoms with Crippen LogP contribution in [0.5, 0.6) is 0 Å². The zero-order chi connectivity index (χ0) is 13.2. The van der Waals surface area contributed by atoms with E-state index in [9.17, 15) is 9.90 Å². The highest BCUT2D eigenvalue weighted by Crippen LogP contribution is 2.24. The molecule has 0 saturated carbocycles. The molecule has 0 unspecified atom stereocenters. The highest BCUT2D eigenvalue weighted by atomic mass is 16.4. The monoisotopic (exact) mass is 258 g/mol. The van der Waals surface area contributed by atoms with Gasteiger partial charge < -0.3 is 10.0 Å². The number of carboxylic acid groups (broad SMARTS) is 1. The largest absolute Gasteiger partial charge is 0.478 e. The molecular formula is C13H14N4O2. The van der Waals surface area contributed by atoms with Crippen molar-refractivity contribution in [2.45, 2.75) is 12.8 Å². The first-order valence-electron chi connectivity index (χ1n) is 6.25. The Hall–Kier alpha value is -2.37. The minimum absolute atomic E-state index is 0.248. The van der Waals surface area contributed by atoms with E-state index in [-0.39, 0.29) is 5.56 Å². The smallest absolute Gasteiger partial charge is 0.339 e. The fourth-order valence-corrected chi connectivity index (χ4v) is 2.31. The quantitative estimate of drug-likeness (QED) is 0.904. The summed E-state index contributed by atoms with van der Waals surface area (Å²) in [7, 11) is 0. The molecule has 6 nitrogen and oxygen atoms in total. The van der Waals surface area contributed by atoms with Crippen LogP contribution in [-0.4, -0.2) is 38.9 Å². The van der Waals surface area contributed by atoms with Gasteiger partial charge in [-0.15, -0.1) is 0 Å². The number of hydrogen-bond donors (Lipinski definition) is 1. The van der Waals surface area contributed by atoms with E-state index >= 15 is 0 Å². The van der Waals surface area contributed by atoms with Crippen LogP contribution in [0, 0.1) is 0 Å². The number of aromatic nitrogens is 3. The summed E-state index contributed by atoms with van der Waals surface area (Å²) in [6.07, 6.45) is 5.61. The predicted molar refractivity (Wildman–Crippen MR) is 69.8 cm³/mol. The zero-order valence-electron chi connectivity index (χ0n) is 10.4. The van der Waals surface area contributed by atoms with Crippen LogP contribution in [0.3, 0.4) is 0 Å². The molecule has 0 amide bonds. The van der Waals surface area contributed by atoms with Gasteiger partial charge in [-0.05, 0) is 31.0 Å². The maximum atomic E-state index is 11.3. The Balaban J connectivity index is 2.06. The topological polar surface area (TPSA) is 71.2 Å². The molecule has 1 aliphatic rings. The second-order valence-corrected chi connectivity index (χ2v) is 4.49. The molecular weight excluding hydrogens is 244 g/mol. The average Bonchev–Trinajstić information content (AvgIpc) is 3.11. The summed E-state index contributed by atoms with van der Waals surface area (Å²) >= 11 is 0. The third-order valence-corrected chi connectivity index (χ3v) is 3.24. The van der Waals surface area contributed by atoms with Gasteiger partial charge in [-0.25, -0.2) is 14.5 Å². The van der Waals surface area contributed by atoms with E-state index in [1.165, 1.54) is 0 Å². The van der Waals surface area contributed by atoms with Crippen molar-refractivity contribution < 1.29 is 9.90 Å². The van der Waals surface area contributed by atoms with E-state index < -0.39 is 5.97 Å². The van der Waals surface area contributed by atoms with Crippen LogP contribution >= 0.6 is 0 Å². The second-order valence-electron chi connectivity index (χ2n) is 4.49. The summed E-state index contributed by atoms with van der Waals surface area (Å²) in [5.41, 5.74) is 0.248. The fourth-order valence-electron chi connectivity index (χ4n) is 2.31. The average molecular weight is 258 g/mol. The third-order valence-electron chi connectivity index (χ3n) is 3.24. The van der Waals surface area contributed by atoms with Gasteiger partial charge in [-0.2, -0.15) is 5.10 Å². The second kappa shape index (κ2) is 4.72. The third kappa shape index (κ3) is 2.16. The fraction of sp³-hybridized carbons (Fsp3) is 0.308. The van der Waals surface area contributed by atoms with Gasteiger partial charge >= 0.3 is 5.97 Å². The van der Waals surface area contributed by atoms with E-state index in [2.05, 4.69) is 10.1 Å². The minimum Gasteiger partial charge on any atom is -0.478 e. The van der Waals surface area contributed by atoms with Crippen molar-refractivity contribution in [1.29, 1.82) is 0 Å². The highest BCUT2D eigenvalue weighted by molar-refractivity contribution is 5.93. The Kier molecular flexibility index (Phi) is 2.91. The van der Waals surface area contributed by atoms with Gasteiger partial charge in [-0.1, -0.05) is 0 Å². The lowest BCUT2D eigenvalue weighted by Crippen LogP contribution is -2.22. The van der Waals surface area contributed by atoms with E-state index in [0.29, 0.717) is 11.6 Å². The number of nitrogens with zero attached hydrogens (tertiary/aromatic N) is 4. The van der Waals surface area contributed by atoms with Gasteiger partial charge in [-0.3, -0.25) is 0 Å². The van der Waals surface area contributed by atoms with Crippen LogP contribution in [0.15, 0.2) is 30.6 Å². The van der Waals surface area contributed by atoms with Gasteiger partial charge in [0.1, 0.15) is 11.4 Å². The van der Waals surface area contributed by atoms with E-state index in [4.69, 9.17) is 0 Å². The zero-order valence-corrected chi connectivity index (χ0v) is 10.4. The number of aromatic carboxylic acids is 1. The molecule has 0 bridgehead atoms. The maximum Gasteiger partial charge on any atom is 0.339 e. The molecule has 1 aliphatic heterocycles. The first-order chi connectivity index (χ1) is 9.25. The van der Waals surface area contributed by atoms with E-state index in [0.717, 1.165) is 25.9 Å². The molecule has 3 heterocycles. The molecule has 0 radical (unpaired) electrons. The van der Waals surface area contributed by atoms with Crippen molar-refractivity contribution in [3.63, 3.8) is 0 Å². The lowest BCUT2D eigenvalue weighted by molar-refractivity contribution is 0.0697. The van der Waals surface area contributed by atoms with Crippen LogP contribution in [0.1, 0.15) is 23.2 Å². The van der Waals surface area contributed by atoms with Crippen molar-refractivity contribution in [3.05, 3.63) is 36.2 Å². The Morgan fingerprint density at radius 3 is 2.68 bits per heavy atom. The number of carboxylic acids is 1. The van der Waals surface area contributed by atoms with Crippen LogP contribution in [0.25, 0.3) is 5.82 Å². The summed E-state index contributed by atoms with van der Waals surface area (Å²) in [5.74, 6) is 0.233. The van der Waals surface area contributed by atoms with Crippen molar-refractivity contribution in [2.75, 3.05) is 18.0 Å². The molecule has 0 aromatic carbocycles. The lowest BCUT2D eigenvalue weighted by Gasteiger charge is -2.19. The minimum atomic E-state index is -0.943. The van der Waals surface area contributed by atoms with E-state index in [1.54, 1.807) is 29.2 Å². The Labute approximate surface area is 110 Å². The first kappa shape index (κ1) is 11.7. The predicted octanol–water partition coefficient (Wildman–Crippen LogP) is 1.57. The number of pyridine rings is 1. The summed E-state index contributed by atoms with van der Waals surface area (Å²) in [6, 6.07) is 5.08. The van der Waals surface area contributed by atoms with Crippen LogP contribution < -0.4 is 4.90 Å². The SMILES string of the molecule is O=C(O)c1ccc(-n2cccn2)nc1N1CCCC1. The van der Waals surface area contributed by atoms with Crippen LogP contribution in [0.4, 0.5) is 5.82 Å². The molecule has 1 saturated heterocycles. The summed E-state index contributed by atoms with van der Waals surface area (Å²) < 4.78 is 1.63. The van der Waals surface area contributed by atoms with Crippen LogP contribution in [-0.2, 0) is 0 Å². The summed E-state index contributed by atoms with van der Waals surface area (Å²) in [6.45, 7) is 1.71. The van der Waals surface area contributed by atoms with Gasteiger partial charge in [0.15, 0.2) is 5.82 Å². The van der Waals surface area contributed by atoms with Gasteiger partial charge in [0.25, 0.3) is 0 Å². The lowest BCUT2D eigenvalue weighted by atomic mass is 10.2. The normalized spacial score (nSPS) is 14.8. The molecule has 1 N–H and O–H groups in total. The maximum absolute atomic E-state index is 11.3. The molecule has 0 atom stereocenters. The number of carbonyl (C=O) groups is 1. The van der Waals surface area contributed by atoms with Crippen molar-refractivity contribution in [2.24, 2.45) is 0 Å². The van der Waals surface area contributed by atoms with Gasteiger partial charge in [0.05, 0.1) is 0 Å². The number of hydrogen-bond acceptors (Lipinski definition) is 4. The van der Waals surface area contributed by atoms with Crippen molar-refractivity contribution >= 4 is 11.8 Å². The Morgan fingerprint density at radius 1 is 1.26 bits per heavy atom. The standard InChI is InChI=1S/C13H14N4O2/c18-13(19)10-4-5-11(17-9-3-6-14-17)15-12(10)16-7-1-2-8-16/h3-6,9H,1-2,7-8H2,(H,18,19). The van der Waals surface area contributed by atoms with Crippen molar-refractivity contribution in [3.8, 4) is 5.82 Å². The molecule has 3 rings (SSSR count). The first-order valence-corrected chi connectivity index (χ1v) is 6.25. The molecule has 2 aromatic rings. The molecule has 0 spiro atoms. The van der Waals surface area contributed by atoms with E-state index in [1.807, 2.05) is 11.0 Å². The van der Waals surface area contributed by atoms with Crippen LogP contribution in [0.2, 0.25) is 0 Å². The molecule has 2 aromatic heterocycles. The summed E-state index contributed by atoms with van der Waals surface area (Å²) in [5, 5.41) is 13.4. The molecule has 6 heteroatoms.